The van der Waals surface area contributed by atoms with E-state index in [1.54, 1.807) is 23.1 Å². The predicted molar refractivity (Wildman–Crippen MR) is 119 cm³/mol. The lowest BCUT2D eigenvalue weighted by Crippen LogP contribution is -2.24. The smallest absolute Gasteiger partial charge is 0.251 e. The average Bonchev–Trinajstić information content (AvgIpc) is 3.05. The fourth-order valence-corrected chi connectivity index (χ4v) is 5.08. The third-order valence-corrected chi connectivity index (χ3v) is 6.87. The van der Waals surface area contributed by atoms with Crippen LogP contribution < -0.4 is 5.32 Å². The molecule has 2 aromatic carbocycles. The van der Waals surface area contributed by atoms with Gasteiger partial charge in [0.2, 0.25) is 0 Å². The molecular weight excluding hydrogens is 384 g/mol. The van der Waals surface area contributed by atoms with E-state index < -0.39 is 0 Å². The number of thiophene rings is 1. The van der Waals surface area contributed by atoms with Crippen molar-refractivity contribution >= 4 is 40.4 Å². The van der Waals surface area contributed by atoms with Gasteiger partial charge in [0.25, 0.3) is 5.91 Å². The molecule has 0 fully saturated rings. The lowest BCUT2D eigenvalue weighted by Gasteiger charge is -2.08. The fourth-order valence-electron chi connectivity index (χ4n) is 3.15. The lowest BCUT2D eigenvalue weighted by molar-refractivity contribution is 0.0953. The van der Waals surface area contributed by atoms with Crippen LogP contribution in [-0.4, -0.2) is 18.2 Å². The summed E-state index contributed by atoms with van der Waals surface area (Å²) in [6.45, 7) is 4.94. The summed E-state index contributed by atoms with van der Waals surface area (Å²) in [6, 6.07) is 16.3. The Morgan fingerprint density at radius 1 is 1.11 bits per heavy atom. The molecule has 0 saturated heterocycles. The zero-order valence-electron chi connectivity index (χ0n) is 16.0. The Kier molecular flexibility index (Phi) is 5.64. The standard InChI is InChI=1S/C23H22N2OS2/c1-3-4-12-24-23(26)16-9-10-20-18(14-16)25-21(22-15(2)11-13-27-22)17-7-5-6-8-19(17)28-20/h5-11,13-14H,3-4,12H2,1-2H3,(H,24,26). The van der Waals surface area contributed by atoms with E-state index in [1.165, 1.54) is 15.3 Å². The van der Waals surface area contributed by atoms with Crippen LogP contribution in [0.25, 0.3) is 0 Å². The number of hydrogen-bond donors (Lipinski definition) is 1. The molecule has 142 valence electrons. The highest BCUT2D eigenvalue weighted by Crippen LogP contribution is 2.42. The first-order valence-corrected chi connectivity index (χ1v) is 11.2. The fraction of sp³-hybridized carbons (Fsp3) is 0.217. The Labute approximate surface area is 173 Å². The molecule has 2 heterocycles. The first-order valence-electron chi connectivity index (χ1n) is 9.50. The number of carbonyl (C=O) groups excluding carboxylic acids is 1. The maximum atomic E-state index is 12.5. The van der Waals surface area contributed by atoms with Gasteiger partial charge in [0, 0.05) is 27.5 Å². The van der Waals surface area contributed by atoms with Gasteiger partial charge >= 0.3 is 0 Å². The minimum absolute atomic E-state index is 0.0351. The van der Waals surface area contributed by atoms with Gasteiger partial charge < -0.3 is 5.32 Å². The Morgan fingerprint density at radius 2 is 1.96 bits per heavy atom. The Balaban J connectivity index is 1.79. The number of hydrogen-bond acceptors (Lipinski definition) is 4. The van der Waals surface area contributed by atoms with E-state index in [0.717, 1.165) is 34.7 Å². The maximum absolute atomic E-state index is 12.5. The molecule has 0 bridgehead atoms. The highest BCUT2D eigenvalue weighted by molar-refractivity contribution is 7.99. The van der Waals surface area contributed by atoms with Crippen LogP contribution in [0.5, 0.6) is 0 Å². The van der Waals surface area contributed by atoms with Crippen molar-refractivity contribution in [1.29, 1.82) is 0 Å². The van der Waals surface area contributed by atoms with Crippen molar-refractivity contribution in [3.63, 3.8) is 0 Å². The summed E-state index contributed by atoms with van der Waals surface area (Å²) < 4.78 is 0. The number of amides is 1. The second-order valence-electron chi connectivity index (χ2n) is 6.78. The second kappa shape index (κ2) is 8.33. The molecule has 0 spiro atoms. The molecule has 0 radical (unpaired) electrons. The molecule has 1 N–H and O–H groups in total. The van der Waals surface area contributed by atoms with Crippen LogP contribution in [0.3, 0.4) is 0 Å². The van der Waals surface area contributed by atoms with Gasteiger partial charge in [0.1, 0.15) is 0 Å². The quantitative estimate of drug-likeness (QED) is 0.400. The van der Waals surface area contributed by atoms with E-state index in [9.17, 15) is 4.79 Å². The van der Waals surface area contributed by atoms with E-state index in [-0.39, 0.29) is 5.91 Å². The number of nitrogens with zero attached hydrogens (tertiary/aromatic N) is 1. The van der Waals surface area contributed by atoms with Crippen LogP contribution in [0.4, 0.5) is 5.69 Å². The summed E-state index contributed by atoms with van der Waals surface area (Å²) in [5, 5.41) is 5.10. The first kappa shape index (κ1) is 19.0. The third kappa shape index (κ3) is 3.77. The van der Waals surface area contributed by atoms with E-state index >= 15 is 0 Å². The van der Waals surface area contributed by atoms with Crippen molar-refractivity contribution in [3.8, 4) is 0 Å². The monoisotopic (exact) mass is 406 g/mol. The van der Waals surface area contributed by atoms with Gasteiger partial charge in [0.05, 0.1) is 16.3 Å². The van der Waals surface area contributed by atoms with E-state index in [0.29, 0.717) is 12.1 Å². The molecule has 3 nitrogen and oxygen atoms in total. The number of benzene rings is 2. The van der Waals surface area contributed by atoms with Crippen LogP contribution in [0.1, 0.15) is 46.1 Å². The molecule has 1 aliphatic rings. The first-order chi connectivity index (χ1) is 13.7. The zero-order chi connectivity index (χ0) is 19.5. The molecule has 0 atom stereocenters. The lowest BCUT2D eigenvalue weighted by atomic mass is 10.1. The summed E-state index contributed by atoms with van der Waals surface area (Å²) in [7, 11) is 0. The minimum atomic E-state index is -0.0351. The van der Waals surface area contributed by atoms with Crippen molar-refractivity contribution in [2.45, 2.75) is 36.5 Å². The summed E-state index contributed by atoms with van der Waals surface area (Å²) in [5.74, 6) is -0.0351. The molecular formula is C23H22N2OS2. The molecule has 3 aromatic rings. The van der Waals surface area contributed by atoms with Gasteiger partial charge in [-0.15, -0.1) is 11.3 Å². The SMILES string of the molecule is CCCCNC(=O)c1ccc2c(c1)N=C(c1sccc1C)c1ccccc1S2. The highest BCUT2D eigenvalue weighted by atomic mass is 32.2. The number of aryl methyl sites for hydroxylation is 1. The summed E-state index contributed by atoms with van der Waals surface area (Å²) >= 11 is 3.42. The molecule has 5 heteroatoms. The normalized spacial score (nSPS) is 12.6. The number of nitrogens with one attached hydrogen (secondary N) is 1. The van der Waals surface area contributed by atoms with Gasteiger partial charge in [-0.25, -0.2) is 4.99 Å². The summed E-state index contributed by atoms with van der Waals surface area (Å²) in [6.07, 6.45) is 2.05. The Morgan fingerprint density at radius 3 is 2.75 bits per heavy atom. The van der Waals surface area contributed by atoms with E-state index in [1.807, 2.05) is 18.2 Å². The van der Waals surface area contributed by atoms with Gasteiger partial charge in [-0.3, -0.25) is 4.79 Å². The zero-order valence-corrected chi connectivity index (χ0v) is 17.6. The summed E-state index contributed by atoms with van der Waals surface area (Å²) in [4.78, 5) is 21.0. The number of carbonyl (C=O) groups is 1. The van der Waals surface area contributed by atoms with Crippen LogP contribution in [0.15, 0.2) is 68.7 Å². The number of unbranched alkanes of at least 4 members (excludes halogenated alkanes) is 1. The van der Waals surface area contributed by atoms with Crippen LogP contribution in [0, 0.1) is 6.92 Å². The number of aliphatic imine (C=N–C) groups is 1. The molecule has 0 unspecified atom stereocenters. The largest absolute Gasteiger partial charge is 0.352 e. The minimum Gasteiger partial charge on any atom is -0.352 e. The van der Waals surface area contributed by atoms with Crippen molar-refractivity contribution < 1.29 is 4.79 Å². The van der Waals surface area contributed by atoms with E-state index in [2.05, 4.69) is 54.9 Å². The van der Waals surface area contributed by atoms with Crippen molar-refractivity contribution in [3.05, 3.63) is 75.5 Å². The number of rotatable bonds is 5. The van der Waals surface area contributed by atoms with Gasteiger partial charge in [0.15, 0.2) is 0 Å². The highest BCUT2D eigenvalue weighted by Gasteiger charge is 2.21. The van der Waals surface area contributed by atoms with E-state index in [4.69, 9.17) is 4.99 Å². The average molecular weight is 407 g/mol. The Hall–Kier alpha value is -2.37. The second-order valence-corrected chi connectivity index (χ2v) is 8.78. The van der Waals surface area contributed by atoms with Crippen LogP contribution in [0.2, 0.25) is 0 Å². The molecule has 4 rings (SSSR count). The van der Waals surface area contributed by atoms with Gasteiger partial charge in [-0.05, 0) is 54.6 Å². The Bertz CT molecular complexity index is 1050. The number of fused-ring (bicyclic) bond motifs is 2. The maximum Gasteiger partial charge on any atom is 0.251 e. The van der Waals surface area contributed by atoms with Crippen molar-refractivity contribution in [2.75, 3.05) is 6.54 Å². The predicted octanol–water partition coefficient (Wildman–Crippen LogP) is 6.22. The van der Waals surface area contributed by atoms with Crippen molar-refractivity contribution in [2.24, 2.45) is 4.99 Å². The molecule has 1 amide bonds. The van der Waals surface area contributed by atoms with Gasteiger partial charge in [-0.2, -0.15) is 0 Å². The molecule has 0 saturated carbocycles. The topological polar surface area (TPSA) is 41.5 Å². The van der Waals surface area contributed by atoms with Gasteiger partial charge in [-0.1, -0.05) is 43.3 Å². The van der Waals surface area contributed by atoms with Crippen molar-refractivity contribution in [1.82, 2.24) is 5.32 Å². The molecule has 0 aliphatic carbocycles. The molecule has 1 aromatic heterocycles. The molecule has 1 aliphatic heterocycles. The summed E-state index contributed by atoms with van der Waals surface area (Å²) in [5.41, 5.74) is 4.86. The third-order valence-electron chi connectivity index (χ3n) is 4.71. The van der Waals surface area contributed by atoms with Crippen LogP contribution >= 0.6 is 23.1 Å². The molecule has 28 heavy (non-hydrogen) atoms. The van der Waals surface area contributed by atoms with Crippen LogP contribution in [-0.2, 0) is 0 Å².